The van der Waals surface area contributed by atoms with Crippen LogP contribution in [0, 0.1) is 0 Å². The van der Waals surface area contributed by atoms with Gasteiger partial charge in [0.2, 0.25) is 0 Å². The maximum Gasteiger partial charge on any atom is 0.305 e. The molecule has 0 aliphatic carbocycles. The molecule has 0 bridgehead atoms. The van der Waals surface area contributed by atoms with Crippen molar-refractivity contribution in [1.29, 1.82) is 0 Å². The second-order valence-corrected chi connectivity index (χ2v) is 8.47. The van der Waals surface area contributed by atoms with Gasteiger partial charge in [0.05, 0.1) is 13.2 Å². The van der Waals surface area contributed by atoms with Crippen LogP contribution in [0.3, 0.4) is 0 Å². The van der Waals surface area contributed by atoms with Crippen LogP contribution in [-0.2, 0) is 14.3 Å². The van der Waals surface area contributed by atoms with E-state index >= 15 is 0 Å². The highest BCUT2D eigenvalue weighted by Crippen LogP contribution is 2.30. The van der Waals surface area contributed by atoms with E-state index in [9.17, 15) is 4.79 Å². The molecular weight excluding hydrogens is 422 g/mol. The van der Waals surface area contributed by atoms with Crippen molar-refractivity contribution in [2.45, 2.75) is 63.6 Å². The van der Waals surface area contributed by atoms with E-state index in [0.717, 1.165) is 38.8 Å². The lowest BCUT2D eigenvalue weighted by atomic mass is 10.00. The number of hydrogen-bond acceptors (Lipinski definition) is 4. The number of carbonyl (C=O) groups is 1. The standard InChI is InChI=1S/C27H37NO3.ClH/c1-30-26(29)17-11-3-2-4-12-20-28-21-18-25(19-22-28)31-27(23-13-7-5-8-14-23)24-15-9-6-10-16-24;/h5-10,13-16,25,27H,2-4,11-12,17-22H2,1H3;1H. The number of nitrogens with zero attached hydrogens (tertiary/aromatic N) is 1. The summed E-state index contributed by atoms with van der Waals surface area (Å²) in [6.45, 7) is 3.40. The molecule has 1 heterocycles. The highest BCUT2D eigenvalue weighted by molar-refractivity contribution is 5.85. The molecule has 32 heavy (non-hydrogen) atoms. The van der Waals surface area contributed by atoms with Gasteiger partial charge >= 0.3 is 5.97 Å². The number of methoxy groups -OCH3 is 1. The van der Waals surface area contributed by atoms with Crippen LogP contribution >= 0.6 is 12.4 Å². The molecule has 1 fully saturated rings. The van der Waals surface area contributed by atoms with E-state index in [1.54, 1.807) is 0 Å². The number of esters is 1. The summed E-state index contributed by atoms with van der Waals surface area (Å²) < 4.78 is 11.3. The molecule has 0 N–H and O–H groups in total. The number of likely N-dealkylation sites (tertiary alicyclic amines) is 1. The van der Waals surface area contributed by atoms with Crippen molar-refractivity contribution in [3.63, 3.8) is 0 Å². The number of unbranched alkanes of at least 4 members (excludes halogenated alkanes) is 4. The third-order valence-electron chi connectivity index (χ3n) is 6.15. The van der Waals surface area contributed by atoms with Gasteiger partial charge < -0.3 is 14.4 Å². The van der Waals surface area contributed by atoms with E-state index in [4.69, 9.17) is 4.74 Å². The fourth-order valence-electron chi connectivity index (χ4n) is 4.30. The van der Waals surface area contributed by atoms with Crippen LogP contribution in [0.2, 0.25) is 0 Å². The zero-order valence-corrected chi connectivity index (χ0v) is 20.1. The first-order chi connectivity index (χ1) is 15.3. The van der Waals surface area contributed by atoms with Crippen LogP contribution in [0.5, 0.6) is 0 Å². The monoisotopic (exact) mass is 459 g/mol. The Morgan fingerprint density at radius 3 is 1.97 bits per heavy atom. The molecule has 0 atom stereocenters. The Bertz CT molecular complexity index is 709. The lowest BCUT2D eigenvalue weighted by Crippen LogP contribution is -2.38. The summed E-state index contributed by atoms with van der Waals surface area (Å²) in [6, 6.07) is 21.1. The zero-order chi connectivity index (χ0) is 21.7. The van der Waals surface area contributed by atoms with E-state index in [1.807, 2.05) is 0 Å². The summed E-state index contributed by atoms with van der Waals surface area (Å²) in [4.78, 5) is 13.7. The molecule has 2 aromatic carbocycles. The van der Waals surface area contributed by atoms with E-state index in [2.05, 4.69) is 70.3 Å². The number of piperidine rings is 1. The average molecular weight is 460 g/mol. The minimum atomic E-state index is -0.0909. The second-order valence-electron chi connectivity index (χ2n) is 8.47. The average Bonchev–Trinajstić information content (AvgIpc) is 2.83. The summed E-state index contributed by atoms with van der Waals surface area (Å²) >= 11 is 0. The molecule has 2 aromatic rings. The van der Waals surface area contributed by atoms with Gasteiger partial charge in [0.1, 0.15) is 6.10 Å². The topological polar surface area (TPSA) is 38.8 Å². The van der Waals surface area contributed by atoms with Crippen LogP contribution in [0.15, 0.2) is 60.7 Å². The SMILES string of the molecule is COC(=O)CCCCCCCN1CCC(OC(c2ccccc2)c2ccccc2)CC1.Cl. The van der Waals surface area contributed by atoms with Gasteiger partial charge in [0.25, 0.3) is 0 Å². The van der Waals surface area contributed by atoms with Gasteiger partial charge in [-0.3, -0.25) is 4.79 Å². The van der Waals surface area contributed by atoms with Crippen LogP contribution < -0.4 is 0 Å². The van der Waals surface area contributed by atoms with E-state index in [1.165, 1.54) is 44.0 Å². The Balaban J connectivity index is 0.00000363. The minimum Gasteiger partial charge on any atom is -0.469 e. The highest BCUT2D eigenvalue weighted by atomic mass is 35.5. The molecule has 4 nitrogen and oxygen atoms in total. The van der Waals surface area contributed by atoms with Gasteiger partial charge in [0, 0.05) is 19.5 Å². The minimum absolute atomic E-state index is 0. The molecule has 0 saturated carbocycles. The summed E-state index contributed by atoms with van der Waals surface area (Å²) in [5, 5.41) is 0. The smallest absolute Gasteiger partial charge is 0.305 e. The number of benzene rings is 2. The van der Waals surface area contributed by atoms with Crippen molar-refractivity contribution in [1.82, 2.24) is 4.90 Å². The van der Waals surface area contributed by atoms with Crippen LogP contribution in [0.4, 0.5) is 0 Å². The Morgan fingerprint density at radius 2 is 1.41 bits per heavy atom. The van der Waals surface area contributed by atoms with E-state index in [0.29, 0.717) is 12.5 Å². The summed E-state index contributed by atoms with van der Waals surface area (Å²) in [5.74, 6) is -0.0909. The van der Waals surface area contributed by atoms with Crippen LogP contribution in [0.25, 0.3) is 0 Å². The van der Waals surface area contributed by atoms with Crippen molar-refractivity contribution in [2.24, 2.45) is 0 Å². The first kappa shape index (κ1) is 26.4. The fraction of sp³-hybridized carbons (Fsp3) is 0.519. The maximum absolute atomic E-state index is 11.1. The van der Waals surface area contributed by atoms with Gasteiger partial charge in [-0.05, 0) is 43.4 Å². The second kappa shape index (κ2) is 15.0. The Kier molecular flexibility index (Phi) is 12.4. The van der Waals surface area contributed by atoms with Crippen molar-refractivity contribution < 1.29 is 14.3 Å². The van der Waals surface area contributed by atoms with Crippen LogP contribution in [0.1, 0.15) is 68.6 Å². The van der Waals surface area contributed by atoms with E-state index < -0.39 is 0 Å². The number of hydrogen-bond donors (Lipinski definition) is 0. The van der Waals surface area contributed by atoms with Gasteiger partial charge in [-0.2, -0.15) is 0 Å². The number of rotatable bonds is 12. The van der Waals surface area contributed by atoms with E-state index in [-0.39, 0.29) is 24.5 Å². The van der Waals surface area contributed by atoms with Gasteiger partial charge in [-0.25, -0.2) is 0 Å². The van der Waals surface area contributed by atoms with Crippen molar-refractivity contribution >= 4 is 18.4 Å². The molecule has 1 aliphatic rings. The molecular formula is C27H38ClNO3. The van der Waals surface area contributed by atoms with Crippen LogP contribution in [-0.4, -0.2) is 43.7 Å². The molecule has 0 radical (unpaired) electrons. The molecule has 1 aliphatic heterocycles. The first-order valence-corrected chi connectivity index (χ1v) is 11.8. The Hall–Kier alpha value is -1.88. The third kappa shape index (κ3) is 8.93. The zero-order valence-electron chi connectivity index (χ0n) is 19.3. The molecule has 5 heteroatoms. The number of carbonyl (C=O) groups excluding carboxylic acids is 1. The molecule has 3 rings (SSSR count). The van der Waals surface area contributed by atoms with Crippen molar-refractivity contribution in [3.05, 3.63) is 71.8 Å². The predicted molar refractivity (Wildman–Crippen MR) is 132 cm³/mol. The first-order valence-electron chi connectivity index (χ1n) is 11.8. The van der Waals surface area contributed by atoms with Gasteiger partial charge in [-0.1, -0.05) is 79.9 Å². The maximum atomic E-state index is 11.1. The Labute approximate surface area is 199 Å². The van der Waals surface area contributed by atoms with Crippen molar-refractivity contribution in [3.8, 4) is 0 Å². The molecule has 0 unspecified atom stereocenters. The normalized spacial score (nSPS) is 14.8. The summed E-state index contributed by atoms with van der Waals surface area (Å²) in [6.07, 6.45) is 8.78. The molecule has 176 valence electrons. The molecule has 1 saturated heterocycles. The van der Waals surface area contributed by atoms with Gasteiger partial charge in [0.15, 0.2) is 0 Å². The largest absolute Gasteiger partial charge is 0.469 e. The summed E-state index contributed by atoms with van der Waals surface area (Å²) in [5.41, 5.74) is 2.45. The summed E-state index contributed by atoms with van der Waals surface area (Å²) in [7, 11) is 1.46. The fourth-order valence-corrected chi connectivity index (χ4v) is 4.30. The lowest BCUT2D eigenvalue weighted by Gasteiger charge is -2.34. The third-order valence-corrected chi connectivity index (χ3v) is 6.15. The van der Waals surface area contributed by atoms with Crippen molar-refractivity contribution in [2.75, 3.05) is 26.7 Å². The number of halogens is 1. The van der Waals surface area contributed by atoms with Gasteiger partial charge in [-0.15, -0.1) is 12.4 Å². The lowest BCUT2D eigenvalue weighted by molar-refractivity contribution is -0.140. The molecule has 0 aromatic heterocycles. The predicted octanol–water partition coefficient (Wildman–Crippen LogP) is 6.19. The quantitative estimate of drug-likeness (QED) is 0.280. The Morgan fingerprint density at radius 1 is 0.875 bits per heavy atom. The molecule has 0 spiro atoms. The molecule has 0 amide bonds. The number of ether oxygens (including phenoxy) is 2. The highest BCUT2D eigenvalue weighted by Gasteiger charge is 2.24.